The minimum Gasteiger partial charge on any atom is -0.496 e. The SMILES string of the molecule is COc1ccc(C)cc1C(C)NC(=O)N(C)C(C)c1ccc(F)cc1. The predicted molar refractivity (Wildman–Crippen MR) is 97.3 cm³/mol. The molecule has 0 fully saturated rings. The molecule has 2 aromatic carbocycles. The maximum Gasteiger partial charge on any atom is 0.318 e. The molecular formula is C20H25FN2O2. The maximum atomic E-state index is 13.1. The summed E-state index contributed by atoms with van der Waals surface area (Å²) < 4.78 is 18.5. The van der Waals surface area contributed by atoms with Crippen molar-refractivity contribution >= 4 is 6.03 Å². The molecule has 5 heteroatoms. The Labute approximate surface area is 148 Å². The van der Waals surface area contributed by atoms with Gasteiger partial charge in [0.25, 0.3) is 0 Å². The molecule has 0 radical (unpaired) electrons. The Morgan fingerprint density at radius 1 is 1.16 bits per heavy atom. The van der Waals surface area contributed by atoms with E-state index in [9.17, 15) is 9.18 Å². The van der Waals surface area contributed by atoms with E-state index in [0.717, 1.165) is 22.4 Å². The van der Waals surface area contributed by atoms with Gasteiger partial charge >= 0.3 is 6.03 Å². The molecule has 0 heterocycles. The number of benzene rings is 2. The lowest BCUT2D eigenvalue weighted by molar-refractivity contribution is 0.191. The van der Waals surface area contributed by atoms with Gasteiger partial charge in [0.15, 0.2) is 0 Å². The number of hydrogen-bond acceptors (Lipinski definition) is 2. The number of amides is 2. The van der Waals surface area contributed by atoms with Crippen molar-refractivity contribution in [1.82, 2.24) is 10.2 Å². The van der Waals surface area contributed by atoms with E-state index in [-0.39, 0.29) is 23.9 Å². The number of rotatable bonds is 5. The monoisotopic (exact) mass is 344 g/mol. The van der Waals surface area contributed by atoms with Crippen molar-refractivity contribution in [2.24, 2.45) is 0 Å². The Morgan fingerprint density at radius 3 is 2.40 bits per heavy atom. The molecule has 0 saturated carbocycles. The summed E-state index contributed by atoms with van der Waals surface area (Å²) in [5, 5.41) is 2.99. The number of methoxy groups -OCH3 is 1. The molecule has 0 aliphatic heterocycles. The minimum atomic E-state index is -0.289. The molecule has 0 bridgehead atoms. The van der Waals surface area contributed by atoms with Gasteiger partial charge in [0.05, 0.1) is 19.2 Å². The number of halogens is 1. The van der Waals surface area contributed by atoms with Crippen LogP contribution in [0.2, 0.25) is 0 Å². The van der Waals surface area contributed by atoms with Crippen LogP contribution in [0.4, 0.5) is 9.18 Å². The van der Waals surface area contributed by atoms with Gasteiger partial charge in [0.1, 0.15) is 11.6 Å². The number of carbonyl (C=O) groups excluding carboxylic acids is 1. The second kappa shape index (κ2) is 8.01. The third-order valence-corrected chi connectivity index (χ3v) is 4.45. The molecule has 2 aromatic rings. The highest BCUT2D eigenvalue weighted by molar-refractivity contribution is 5.75. The molecular weight excluding hydrogens is 319 g/mol. The van der Waals surface area contributed by atoms with E-state index in [1.54, 1.807) is 31.2 Å². The highest BCUT2D eigenvalue weighted by atomic mass is 19.1. The van der Waals surface area contributed by atoms with Crippen LogP contribution in [-0.4, -0.2) is 25.1 Å². The van der Waals surface area contributed by atoms with Crippen molar-refractivity contribution in [2.75, 3.05) is 14.2 Å². The Bertz CT molecular complexity index is 731. The summed E-state index contributed by atoms with van der Waals surface area (Å²) >= 11 is 0. The van der Waals surface area contributed by atoms with Crippen LogP contribution in [0.1, 0.15) is 42.6 Å². The smallest absolute Gasteiger partial charge is 0.318 e. The zero-order valence-corrected chi connectivity index (χ0v) is 15.3. The molecule has 25 heavy (non-hydrogen) atoms. The van der Waals surface area contributed by atoms with Crippen LogP contribution in [0, 0.1) is 12.7 Å². The van der Waals surface area contributed by atoms with Crippen molar-refractivity contribution in [2.45, 2.75) is 32.9 Å². The number of urea groups is 1. The topological polar surface area (TPSA) is 41.6 Å². The molecule has 2 amide bonds. The Morgan fingerprint density at radius 2 is 1.80 bits per heavy atom. The zero-order chi connectivity index (χ0) is 18.6. The number of carbonyl (C=O) groups is 1. The van der Waals surface area contributed by atoms with Gasteiger partial charge in [0.2, 0.25) is 0 Å². The van der Waals surface area contributed by atoms with E-state index < -0.39 is 0 Å². The third-order valence-electron chi connectivity index (χ3n) is 4.45. The standard InChI is InChI=1S/C20H25FN2O2/c1-13-6-11-19(25-5)18(12-13)14(2)22-20(24)23(4)15(3)16-7-9-17(21)10-8-16/h6-12,14-15H,1-5H3,(H,22,24). The van der Waals surface area contributed by atoms with Gasteiger partial charge in [-0.3, -0.25) is 0 Å². The van der Waals surface area contributed by atoms with Crippen molar-refractivity contribution < 1.29 is 13.9 Å². The average molecular weight is 344 g/mol. The number of ether oxygens (including phenoxy) is 1. The normalized spacial score (nSPS) is 13.0. The summed E-state index contributed by atoms with van der Waals surface area (Å²) in [6.07, 6.45) is 0. The fourth-order valence-corrected chi connectivity index (χ4v) is 2.70. The van der Waals surface area contributed by atoms with Crippen LogP contribution in [0.5, 0.6) is 5.75 Å². The highest BCUT2D eigenvalue weighted by Crippen LogP contribution is 2.27. The molecule has 0 aliphatic carbocycles. The van der Waals surface area contributed by atoms with Gasteiger partial charge < -0.3 is 15.0 Å². The lowest BCUT2D eigenvalue weighted by Crippen LogP contribution is -2.40. The predicted octanol–water partition coefficient (Wildman–Crippen LogP) is 4.61. The van der Waals surface area contributed by atoms with Crippen LogP contribution >= 0.6 is 0 Å². The molecule has 0 spiro atoms. The van der Waals surface area contributed by atoms with E-state index in [4.69, 9.17) is 4.74 Å². The molecule has 4 nitrogen and oxygen atoms in total. The first-order chi connectivity index (χ1) is 11.8. The van der Waals surface area contributed by atoms with Crippen molar-refractivity contribution in [3.8, 4) is 5.75 Å². The van der Waals surface area contributed by atoms with E-state index in [1.807, 2.05) is 39.0 Å². The quantitative estimate of drug-likeness (QED) is 0.861. The molecule has 2 rings (SSSR count). The largest absolute Gasteiger partial charge is 0.496 e. The summed E-state index contributed by atoms with van der Waals surface area (Å²) in [6.45, 7) is 5.83. The number of nitrogens with one attached hydrogen (secondary N) is 1. The Hall–Kier alpha value is -2.56. The van der Waals surface area contributed by atoms with Crippen LogP contribution < -0.4 is 10.1 Å². The molecule has 134 valence electrons. The average Bonchev–Trinajstić information content (AvgIpc) is 2.60. The van der Waals surface area contributed by atoms with Gasteiger partial charge in [-0.25, -0.2) is 9.18 Å². The molecule has 2 unspecified atom stereocenters. The van der Waals surface area contributed by atoms with Crippen LogP contribution in [0.3, 0.4) is 0 Å². The second-order valence-corrected chi connectivity index (χ2v) is 6.26. The summed E-state index contributed by atoms with van der Waals surface area (Å²) in [5.41, 5.74) is 2.91. The molecule has 0 saturated heterocycles. The summed E-state index contributed by atoms with van der Waals surface area (Å²) in [4.78, 5) is 14.2. The van der Waals surface area contributed by atoms with E-state index in [2.05, 4.69) is 5.32 Å². The lowest BCUT2D eigenvalue weighted by Gasteiger charge is -2.28. The summed E-state index contributed by atoms with van der Waals surface area (Å²) in [7, 11) is 3.34. The highest BCUT2D eigenvalue weighted by Gasteiger charge is 2.21. The molecule has 0 aliphatic rings. The molecule has 0 aromatic heterocycles. The van der Waals surface area contributed by atoms with Gasteiger partial charge in [-0.05, 0) is 44.5 Å². The van der Waals surface area contributed by atoms with E-state index in [1.165, 1.54) is 12.1 Å². The van der Waals surface area contributed by atoms with Gasteiger partial charge in [-0.1, -0.05) is 29.8 Å². The number of hydrogen-bond donors (Lipinski definition) is 1. The number of nitrogens with zero attached hydrogens (tertiary/aromatic N) is 1. The van der Waals surface area contributed by atoms with E-state index in [0.29, 0.717) is 0 Å². The Kier molecular flexibility index (Phi) is 6.02. The van der Waals surface area contributed by atoms with Gasteiger partial charge in [-0.15, -0.1) is 0 Å². The first-order valence-electron chi connectivity index (χ1n) is 8.26. The minimum absolute atomic E-state index is 0.174. The summed E-state index contributed by atoms with van der Waals surface area (Å²) in [6, 6.07) is 11.5. The van der Waals surface area contributed by atoms with Crippen LogP contribution in [0.15, 0.2) is 42.5 Å². The van der Waals surface area contributed by atoms with Crippen molar-refractivity contribution in [1.29, 1.82) is 0 Å². The first kappa shape index (κ1) is 18.8. The fourth-order valence-electron chi connectivity index (χ4n) is 2.70. The Balaban J connectivity index is 2.10. The number of aryl methyl sites for hydroxylation is 1. The zero-order valence-electron chi connectivity index (χ0n) is 15.3. The molecule has 2 atom stereocenters. The van der Waals surface area contributed by atoms with Crippen LogP contribution in [-0.2, 0) is 0 Å². The summed E-state index contributed by atoms with van der Waals surface area (Å²) in [5.74, 6) is 0.454. The van der Waals surface area contributed by atoms with Gasteiger partial charge in [0, 0.05) is 12.6 Å². The van der Waals surface area contributed by atoms with Crippen molar-refractivity contribution in [3.63, 3.8) is 0 Å². The van der Waals surface area contributed by atoms with Crippen molar-refractivity contribution in [3.05, 3.63) is 65.0 Å². The second-order valence-electron chi connectivity index (χ2n) is 6.26. The third kappa shape index (κ3) is 4.50. The fraction of sp³-hybridized carbons (Fsp3) is 0.350. The lowest BCUT2D eigenvalue weighted by atomic mass is 10.0. The van der Waals surface area contributed by atoms with E-state index >= 15 is 0 Å². The maximum absolute atomic E-state index is 13.1. The first-order valence-corrected chi connectivity index (χ1v) is 8.26. The van der Waals surface area contributed by atoms with Crippen LogP contribution in [0.25, 0.3) is 0 Å². The molecule has 1 N–H and O–H groups in total. The van der Waals surface area contributed by atoms with Gasteiger partial charge in [-0.2, -0.15) is 0 Å².